The number of carbonyl (C=O) groups is 2. The van der Waals surface area contributed by atoms with E-state index in [1.165, 1.54) is 11.1 Å². The molecule has 2 N–H and O–H groups in total. The molecule has 0 aliphatic heterocycles. The molecule has 0 unspecified atom stereocenters. The first-order chi connectivity index (χ1) is 23.7. The van der Waals surface area contributed by atoms with E-state index in [1.807, 2.05) is 36.4 Å². The summed E-state index contributed by atoms with van der Waals surface area (Å²) >= 11 is 7.02. The molecule has 0 saturated heterocycles. The molecule has 4 nitrogen and oxygen atoms in total. The number of fused-ring (bicyclic) bond motifs is 3. The third-order valence-electron chi connectivity index (χ3n) is 13.3. The van der Waals surface area contributed by atoms with Crippen molar-refractivity contribution in [2.45, 2.75) is 112 Å². The van der Waals surface area contributed by atoms with Crippen LogP contribution in [0, 0.1) is 39.9 Å². The minimum atomic E-state index is -0.0435. The number of amides is 2. The maximum Gasteiger partial charge on any atom is 0.223 e. The Bertz CT molecular complexity index is 1610. The first kappa shape index (κ1) is 38.8. The van der Waals surface area contributed by atoms with Gasteiger partial charge in [-0.1, -0.05) is 112 Å². The highest BCUT2D eigenvalue weighted by molar-refractivity contribution is 9.10. The van der Waals surface area contributed by atoms with Crippen LogP contribution >= 0.6 is 31.9 Å². The van der Waals surface area contributed by atoms with Gasteiger partial charge in [0.2, 0.25) is 11.8 Å². The molecule has 2 fully saturated rings. The lowest BCUT2D eigenvalue weighted by atomic mass is 9.44. The molecule has 0 bridgehead atoms. The van der Waals surface area contributed by atoms with E-state index in [-0.39, 0.29) is 34.0 Å². The van der Waals surface area contributed by atoms with Gasteiger partial charge in [0.1, 0.15) is 0 Å². The molecule has 5 rings (SSSR count). The van der Waals surface area contributed by atoms with Crippen molar-refractivity contribution in [3.05, 3.63) is 104 Å². The standard InChI is InChI=1S/C44H58Br2N2O2/c1-29(2)9-8-10-35(41(50)48-28-32-13-17-34(46)18-14-32)37-21-25-44(7)39-20-19-36(30(3)4)42(5,38(39)22-26-43(37,44)6)24-23-40(49)47-27-31-11-15-33(45)16-12-31/h9,11-18,20,35-38H,3,8,10,19,21-28H2,1-2,4-7H3,(H,47,49)(H,48,50)/t35-,36-,37-,38-,42-,43-,44+/m1/s1. The van der Waals surface area contributed by atoms with Gasteiger partial charge >= 0.3 is 0 Å². The number of nitrogens with one attached hydrogen (secondary N) is 2. The van der Waals surface area contributed by atoms with E-state index < -0.39 is 0 Å². The largest absolute Gasteiger partial charge is 0.352 e. The Hall–Kier alpha value is -2.44. The van der Waals surface area contributed by atoms with Gasteiger partial charge < -0.3 is 10.6 Å². The summed E-state index contributed by atoms with van der Waals surface area (Å²) in [5.41, 5.74) is 6.36. The lowest BCUT2D eigenvalue weighted by molar-refractivity contribution is -0.130. The highest BCUT2D eigenvalue weighted by Gasteiger charge is 2.64. The van der Waals surface area contributed by atoms with Gasteiger partial charge in [-0.25, -0.2) is 0 Å². The Kier molecular flexibility index (Phi) is 12.5. The van der Waals surface area contributed by atoms with Crippen LogP contribution in [0.3, 0.4) is 0 Å². The summed E-state index contributed by atoms with van der Waals surface area (Å²) in [7, 11) is 0. The zero-order valence-corrected chi connectivity index (χ0v) is 34.3. The summed E-state index contributed by atoms with van der Waals surface area (Å²) in [6.07, 6.45) is 13.4. The number of benzene rings is 2. The quantitative estimate of drug-likeness (QED) is 0.198. The van der Waals surface area contributed by atoms with Crippen LogP contribution in [0.5, 0.6) is 0 Å². The van der Waals surface area contributed by atoms with Crippen molar-refractivity contribution in [3.8, 4) is 0 Å². The van der Waals surface area contributed by atoms with Gasteiger partial charge in [-0.2, -0.15) is 0 Å². The molecule has 2 amide bonds. The first-order valence-corrected chi connectivity index (χ1v) is 20.3. The Morgan fingerprint density at radius 2 is 1.50 bits per heavy atom. The van der Waals surface area contributed by atoms with Gasteiger partial charge in [0.25, 0.3) is 0 Å². The molecular formula is C44H58Br2N2O2. The second kappa shape index (κ2) is 16.1. The summed E-state index contributed by atoms with van der Waals surface area (Å²) in [6.45, 7) is 19.5. The van der Waals surface area contributed by atoms with Crippen LogP contribution in [0.15, 0.2) is 92.9 Å². The average molecular weight is 807 g/mol. The molecule has 2 aromatic carbocycles. The van der Waals surface area contributed by atoms with Gasteiger partial charge in [0, 0.05) is 34.4 Å². The van der Waals surface area contributed by atoms with Gasteiger partial charge in [-0.3, -0.25) is 9.59 Å². The summed E-state index contributed by atoms with van der Waals surface area (Å²) in [6, 6.07) is 16.4. The molecule has 3 aliphatic carbocycles. The minimum absolute atomic E-state index is 0.0203. The zero-order valence-electron chi connectivity index (χ0n) is 31.1. The lowest BCUT2D eigenvalue weighted by Crippen LogP contribution is -2.53. The zero-order chi connectivity index (χ0) is 36.3. The van der Waals surface area contributed by atoms with E-state index in [1.54, 1.807) is 5.57 Å². The summed E-state index contributed by atoms with van der Waals surface area (Å²) in [4.78, 5) is 27.4. The first-order valence-electron chi connectivity index (χ1n) is 18.7. The molecule has 50 heavy (non-hydrogen) atoms. The van der Waals surface area contributed by atoms with E-state index in [9.17, 15) is 9.59 Å². The molecule has 0 radical (unpaired) electrons. The Morgan fingerprint density at radius 3 is 2.08 bits per heavy atom. The lowest BCUT2D eigenvalue weighted by Gasteiger charge is -2.60. The van der Waals surface area contributed by atoms with E-state index >= 15 is 0 Å². The number of rotatable bonds is 13. The predicted octanol–water partition coefficient (Wildman–Crippen LogP) is 11.6. The molecule has 0 aromatic heterocycles. The van der Waals surface area contributed by atoms with Crippen LogP contribution in [-0.2, 0) is 22.7 Å². The maximum atomic E-state index is 14.2. The second-order valence-electron chi connectivity index (χ2n) is 16.5. The Balaban J connectivity index is 1.35. The monoisotopic (exact) mass is 804 g/mol. The van der Waals surface area contributed by atoms with Crippen LogP contribution in [0.2, 0.25) is 0 Å². The molecule has 3 aliphatic rings. The SMILES string of the molecule is C=C(C)[C@H]1CC=C2[C@@H](CC[C@]3(C)[C@@H]([C@@H](CCC=C(C)C)C(=O)NCc4ccc(Br)cc4)CC[C@@]23C)[C@]1(C)CCC(=O)NCc1ccc(Br)cc1. The van der Waals surface area contributed by atoms with Crippen LogP contribution in [-0.4, -0.2) is 11.8 Å². The fourth-order valence-corrected chi connectivity index (χ4v) is 10.7. The molecule has 270 valence electrons. The molecule has 6 heteroatoms. The summed E-state index contributed by atoms with van der Waals surface area (Å²) in [5, 5.41) is 6.54. The van der Waals surface area contributed by atoms with Gasteiger partial charge in [0.05, 0.1) is 0 Å². The van der Waals surface area contributed by atoms with Crippen molar-refractivity contribution in [2.75, 3.05) is 0 Å². The third kappa shape index (κ3) is 8.12. The molecule has 2 aromatic rings. The van der Waals surface area contributed by atoms with E-state index in [4.69, 9.17) is 0 Å². The van der Waals surface area contributed by atoms with Gasteiger partial charge in [-0.15, -0.1) is 0 Å². The molecule has 7 atom stereocenters. The molecule has 0 heterocycles. The molecular weight excluding hydrogens is 748 g/mol. The van der Waals surface area contributed by atoms with E-state index in [0.29, 0.717) is 37.3 Å². The fourth-order valence-electron chi connectivity index (χ4n) is 10.2. The van der Waals surface area contributed by atoms with Crippen molar-refractivity contribution in [1.82, 2.24) is 10.6 Å². The Morgan fingerprint density at radius 1 is 0.900 bits per heavy atom. The van der Waals surface area contributed by atoms with Crippen molar-refractivity contribution < 1.29 is 9.59 Å². The summed E-state index contributed by atoms with van der Waals surface area (Å²) in [5.74, 6) is 1.36. The fraction of sp³-hybridized carbons (Fsp3) is 0.545. The number of carbonyl (C=O) groups excluding carboxylic acids is 2. The smallest absolute Gasteiger partial charge is 0.223 e. The Labute approximate surface area is 318 Å². The van der Waals surface area contributed by atoms with Gasteiger partial charge in [0.15, 0.2) is 0 Å². The van der Waals surface area contributed by atoms with Gasteiger partial charge in [-0.05, 0) is 142 Å². The normalized spacial score (nSPS) is 29.2. The van der Waals surface area contributed by atoms with Crippen LogP contribution in [0.4, 0.5) is 0 Å². The highest BCUT2D eigenvalue weighted by Crippen LogP contribution is 2.72. The van der Waals surface area contributed by atoms with Crippen molar-refractivity contribution >= 4 is 43.7 Å². The van der Waals surface area contributed by atoms with E-state index in [0.717, 1.165) is 71.4 Å². The van der Waals surface area contributed by atoms with Crippen molar-refractivity contribution in [3.63, 3.8) is 0 Å². The maximum absolute atomic E-state index is 14.2. The van der Waals surface area contributed by atoms with Crippen molar-refractivity contribution in [2.24, 2.45) is 39.9 Å². The number of hydrogen-bond acceptors (Lipinski definition) is 2. The number of allylic oxidation sites excluding steroid dienone is 5. The molecule has 0 spiro atoms. The third-order valence-corrected chi connectivity index (χ3v) is 14.3. The minimum Gasteiger partial charge on any atom is -0.352 e. The number of halogens is 2. The highest BCUT2D eigenvalue weighted by atomic mass is 79.9. The van der Waals surface area contributed by atoms with Crippen molar-refractivity contribution in [1.29, 1.82) is 0 Å². The number of hydrogen-bond donors (Lipinski definition) is 2. The topological polar surface area (TPSA) is 58.2 Å². The van der Waals surface area contributed by atoms with Crippen LogP contribution in [0.25, 0.3) is 0 Å². The summed E-state index contributed by atoms with van der Waals surface area (Å²) < 4.78 is 2.08. The molecule has 2 saturated carbocycles. The average Bonchev–Trinajstić information content (AvgIpc) is 3.35. The second-order valence-corrected chi connectivity index (χ2v) is 18.3. The van der Waals surface area contributed by atoms with Crippen LogP contribution in [0.1, 0.15) is 110 Å². The predicted molar refractivity (Wildman–Crippen MR) is 214 cm³/mol. The van der Waals surface area contributed by atoms with Crippen LogP contribution < -0.4 is 10.6 Å². The van der Waals surface area contributed by atoms with E-state index in [2.05, 4.69) is 115 Å².